The minimum absolute atomic E-state index is 0.331. The number of fused-ring (bicyclic) bond motifs is 1. The summed E-state index contributed by atoms with van der Waals surface area (Å²) < 4.78 is 25.8. The van der Waals surface area contributed by atoms with Crippen LogP contribution in [0, 0.1) is 0 Å². The van der Waals surface area contributed by atoms with Gasteiger partial charge in [-0.25, -0.2) is 13.1 Å². The smallest absolute Gasteiger partial charge is 0.218 e. The number of aryl methyl sites for hydroxylation is 1. The Morgan fingerprint density at radius 1 is 1.57 bits per heavy atom. The number of hydrogen-bond acceptors (Lipinski definition) is 3. The first-order chi connectivity index (χ1) is 6.65. The fourth-order valence-corrected chi connectivity index (χ4v) is 4.29. The quantitative estimate of drug-likeness (QED) is 0.841. The predicted octanol–water partition coefficient (Wildman–Crippen LogP) is 1.67. The van der Waals surface area contributed by atoms with Gasteiger partial charge in [0.1, 0.15) is 5.25 Å². The molecule has 78 valence electrons. The number of nitrogens with one attached hydrogen (secondary N) is 1. The molecule has 2 rings (SSSR count). The normalized spacial score (nSPS) is 21.9. The molecule has 1 N–H and O–H groups in total. The number of hydrogen-bond donors (Lipinski definition) is 1. The van der Waals surface area contributed by atoms with E-state index in [4.69, 9.17) is 0 Å². The van der Waals surface area contributed by atoms with Gasteiger partial charge in [-0.1, -0.05) is 0 Å². The first-order valence-electron chi connectivity index (χ1n) is 4.64. The summed E-state index contributed by atoms with van der Waals surface area (Å²) in [6.07, 6.45) is 2.74. The van der Waals surface area contributed by atoms with Gasteiger partial charge in [-0.3, -0.25) is 0 Å². The molecule has 0 saturated carbocycles. The maximum absolute atomic E-state index is 11.7. The molecule has 1 aromatic heterocycles. The minimum Gasteiger partial charge on any atom is -0.218 e. The fourth-order valence-electron chi connectivity index (χ4n) is 1.91. The van der Waals surface area contributed by atoms with Gasteiger partial charge in [0.05, 0.1) is 0 Å². The van der Waals surface area contributed by atoms with Crippen molar-refractivity contribution in [3.8, 4) is 0 Å². The zero-order valence-electron chi connectivity index (χ0n) is 7.99. The van der Waals surface area contributed by atoms with Crippen LogP contribution in [0.3, 0.4) is 0 Å². The highest BCUT2D eigenvalue weighted by Gasteiger charge is 2.30. The Bertz CT molecular complexity index is 422. The van der Waals surface area contributed by atoms with Gasteiger partial charge < -0.3 is 0 Å². The summed E-state index contributed by atoms with van der Waals surface area (Å²) in [6, 6.07) is 1.94. The van der Waals surface area contributed by atoms with Crippen molar-refractivity contribution >= 4 is 21.4 Å². The lowest BCUT2D eigenvalue weighted by molar-refractivity contribution is 0.554. The Morgan fingerprint density at radius 3 is 3.07 bits per heavy atom. The van der Waals surface area contributed by atoms with Crippen LogP contribution in [0.1, 0.15) is 28.5 Å². The zero-order valence-corrected chi connectivity index (χ0v) is 9.62. The summed E-state index contributed by atoms with van der Waals surface area (Å²) >= 11 is 1.66. The molecule has 1 aliphatic rings. The van der Waals surface area contributed by atoms with Crippen LogP contribution < -0.4 is 4.72 Å². The average molecular weight is 231 g/mol. The lowest BCUT2D eigenvalue weighted by atomic mass is 9.99. The second-order valence-electron chi connectivity index (χ2n) is 3.43. The van der Waals surface area contributed by atoms with Crippen LogP contribution in [0.4, 0.5) is 0 Å². The van der Waals surface area contributed by atoms with Gasteiger partial charge in [0.25, 0.3) is 0 Å². The highest BCUT2D eigenvalue weighted by atomic mass is 32.2. The van der Waals surface area contributed by atoms with Gasteiger partial charge >= 0.3 is 0 Å². The topological polar surface area (TPSA) is 46.2 Å². The molecule has 3 nitrogen and oxygen atoms in total. The second kappa shape index (κ2) is 3.64. The number of sulfonamides is 1. The van der Waals surface area contributed by atoms with Crippen LogP contribution >= 0.6 is 11.3 Å². The van der Waals surface area contributed by atoms with E-state index in [2.05, 4.69) is 4.72 Å². The molecule has 5 heteroatoms. The molecule has 1 aromatic rings. The highest BCUT2D eigenvalue weighted by molar-refractivity contribution is 7.89. The lowest BCUT2D eigenvalue weighted by Crippen LogP contribution is -2.27. The highest BCUT2D eigenvalue weighted by Crippen LogP contribution is 2.37. The summed E-state index contributed by atoms with van der Waals surface area (Å²) in [5, 5.41) is 1.65. The molecule has 1 unspecified atom stereocenters. The number of rotatable bonds is 2. The van der Waals surface area contributed by atoms with Crippen molar-refractivity contribution in [1.82, 2.24) is 4.72 Å². The van der Waals surface area contributed by atoms with Crippen LogP contribution in [-0.4, -0.2) is 15.5 Å². The van der Waals surface area contributed by atoms with Crippen LogP contribution in [0.15, 0.2) is 11.4 Å². The molecule has 0 fully saturated rings. The summed E-state index contributed by atoms with van der Waals surface area (Å²) in [5.41, 5.74) is 1.01. The Balaban J connectivity index is 2.43. The molecule has 1 heterocycles. The third-order valence-electron chi connectivity index (χ3n) is 2.66. The van der Waals surface area contributed by atoms with Crippen molar-refractivity contribution in [3.63, 3.8) is 0 Å². The van der Waals surface area contributed by atoms with Crippen LogP contribution in [0.25, 0.3) is 0 Å². The van der Waals surface area contributed by atoms with Gasteiger partial charge in [0, 0.05) is 4.88 Å². The van der Waals surface area contributed by atoms with E-state index in [1.165, 1.54) is 11.9 Å². The second-order valence-corrected chi connectivity index (χ2v) is 6.50. The predicted molar refractivity (Wildman–Crippen MR) is 58.0 cm³/mol. The van der Waals surface area contributed by atoms with Gasteiger partial charge in [0.2, 0.25) is 10.0 Å². The van der Waals surface area contributed by atoms with E-state index < -0.39 is 10.0 Å². The average Bonchev–Trinajstić information content (AvgIpc) is 2.64. The third-order valence-corrected chi connectivity index (χ3v) is 5.46. The van der Waals surface area contributed by atoms with Gasteiger partial charge in [0.15, 0.2) is 0 Å². The summed E-state index contributed by atoms with van der Waals surface area (Å²) in [7, 11) is -1.67. The molecule has 0 amide bonds. The van der Waals surface area contributed by atoms with Gasteiger partial charge in [-0.05, 0) is 43.3 Å². The molecule has 1 atom stereocenters. The van der Waals surface area contributed by atoms with Crippen LogP contribution in [0.2, 0.25) is 0 Å². The van der Waals surface area contributed by atoms with Crippen LogP contribution in [-0.2, 0) is 16.4 Å². The Hall–Kier alpha value is -0.390. The van der Waals surface area contributed by atoms with E-state index in [1.54, 1.807) is 11.3 Å². The maximum Gasteiger partial charge on any atom is 0.218 e. The summed E-state index contributed by atoms with van der Waals surface area (Å²) in [5.74, 6) is 0. The summed E-state index contributed by atoms with van der Waals surface area (Å²) in [4.78, 5) is 1.24. The monoisotopic (exact) mass is 231 g/mol. The molecule has 14 heavy (non-hydrogen) atoms. The van der Waals surface area contributed by atoms with Crippen LogP contribution in [0.5, 0.6) is 0 Å². The van der Waals surface area contributed by atoms with E-state index in [0.29, 0.717) is 0 Å². The lowest BCUT2D eigenvalue weighted by Gasteiger charge is -2.21. The fraction of sp³-hybridized carbons (Fsp3) is 0.556. The van der Waals surface area contributed by atoms with E-state index >= 15 is 0 Å². The van der Waals surface area contributed by atoms with Crippen molar-refractivity contribution in [3.05, 3.63) is 21.9 Å². The standard InChI is InChI=1S/C9H13NO2S2/c1-10-14(11,12)9-4-2-3-8-7(9)5-6-13-8/h5-6,9-10H,2-4H2,1H3. The van der Waals surface area contributed by atoms with E-state index in [9.17, 15) is 8.42 Å². The van der Waals surface area contributed by atoms with Crippen molar-refractivity contribution in [2.75, 3.05) is 7.05 Å². The Labute approximate surface area is 88.2 Å². The molecule has 0 aliphatic heterocycles. The minimum atomic E-state index is -3.15. The Morgan fingerprint density at radius 2 is 2.36 bits per heavy atom. The van der Waals surface area contributed by atoms with E-state index in [-0.39, 0.29) is 5.25 Å². The molecule has 1 aliphatic carbocycles. The first-order valence-corrected chi connectivity index (χ1v) is 7.06. The largest absolute Gasteiger partial charge is 0.218 e. The third kappa shape index (κ3) is 1.60. The molecule has 0 spiro atoms. The number of thiophene rings is 1. The molecule has 0 saturated heterocycles. The van der Waals surface area contributed by atoms with E-state index in [1.807, 2.05) is 11.4 Å². The van der Waals surface area contributed by atoms with Crippen molar-refractivity contribution in [1.29, 1.82) is 0 Å². The SMILES string of the molecule is CNS(=O)(=O)C1CCCc2sccc21. The Kier molecular flexibility index (Phi) is 2.64. The molecular formula is C9H13NO2S2. The summed E-state index contributed by atoms with van der Waals surface area (Å²) in [6.45, 7) is 0. The van der Waals surface area contributed by atoms with Crippen molar-refractivity contribution in [2.45, 2.75) is 24.5 Å². The van der Waals surface area contributed by atoms with E-state index in [0.717, 1.165) is 24.8 Å². The zero-order chi connectivity index (χ0) is 10.2. The molecule has 0 radical (unpaired) electrons. The van der Waals surface area contributed by atoms with Crippen molar-refractivity contribution in [2.24, 2.45) is 0 Å². The first kappa shape index (κ1) is 10.1. The molecule has 0 aromatic carbocycles. The van der Waals surface area contributed by atoms with Gasteiger partial charge in [-0.2, -0.15) is 0 Å². The van der Waals surface area contributed by atoms with Crippen molar-refractivity contribution < 1.29 is 8.42 Å². The molecule has 0 bridgehead atoms. The van der Waals surface area contributed by atoms with Gasteiger partial charge in [-0.15, -0.1) is 11.3 Å². The molecular weight excluding hydrogens is 218 g/mol. The maximum atomic E-state index is 11.7.